The fraction of sp³-hybridized carbons (Fsp3) is 0.105. The third-order valence-electron chi connectivity index (χ3n) is 4.21. The highest BCUT2D eigenvalue weighted by Gasteiger charge is 2.12. The Hall–Kier alpha value is -3.41. The van der Waals surface area contributed by atoms with Gasteiger partial charge in [-0.2, -0.15) is 0 Å². The number of H-pyrrole nitrogens is 1. The first kappa shape index (κ1) is 15.1. The molecule has 0 aliphatic rings. The van der Waals surface area contributed by atoms with E-state index in [0.717, 1.165) is 29.1 Å². The number of fused-ring (bicyclic) bond motifs is 1. The number of aromatic amines is 1. The predicted molar refractivity (Wildman–Crippen MR) is 98.6 cm³/mol. The second kappa shape index (κ2) is 5.90. The third-order valence-corrected chi connectivity index (χ3v) is 4.21. The molecule has 0 saturated carbocycles. The average Bonchev–Trinajstić information content (AvgIpc) is 3.19. The average molecular weight is 330 g/mol. The van der Waals surface area contributed by atoms with Gasteiger partial charge in [-0.05, 0) is 30.7 Å². The Morgan fingerprint density at radius 2 is 1.96 bits per heavy atom. The van der Waals surface area contributed by atoms with Crippen molar-refractivity contribution in [1.29, 1.82) is 5.41 Å². The lowest BCUT2D eigenvalue weighted by molar-refractivity contribution is 0.762. The van der Waals surface area contributed by atoms with Crippen LogP contribution in [0.2, 0.25) is 0 Å². The Balaban J connectivity index is 1.69. The van der Waals surface area contributed by atoms with Gasteiger partial charge in [-0.15, -0.1) is 0 Å². The summed E-state index contributed by atoms with van der Waals surface area (Å²) in [6.45, 7) is 2.76. The van der Waals surface area contributed by atoms with Gasteiger partial charge in [0.25, 0.3) is 0 Å². The number of nitrogen functional groups attached to an aromatic ring is 1. The number of rotatable bonds is 4. The summed E-state index contributed by atoms with van der Waals surface area (Å²) in [4.78, 5) is 12.5. The molecule has 0 fully saturated rings. The largest absolute Gasteiger partial charge is 0.384 e. The van der Waals surface area contributed by atoms with Gasteiger partial charge < -0.3 is 15.3 Å². The molecule has 4 N–H and O–H groups in total. The van der Waals surface area contributed by atoms with E-state index in [1.807, 2.05) is 43.5 Å². The molecule has 0 unspecified atom stereocenters. The van der Waals surface area contributed by atoms with Crippen LogP contribution in [0.3, 0.4) is 0 Å². The molecule has 0 aliphatic carbocycles. The number of aryl methyl sites for hydroxylation is 1. The van der Waals surface area contributed by atoms with Crippen LogP contribution >= 0.6 is 0 Å². The van der Waals surface area contributed by atoms with Crippen molar-refractivity contribution >= 4 is 16.9 Å². The Kier molecular flexibility index (Phi) is 3.57. The lowest BCUT2D eigenvalue weighted by Gasteiger charge is -2.04. The maximum atomic E-state index is 7.55. The zero-order valence-electron chi connectivity index (χ0n) is 13.8. The first-order valence-corrected chi connectivity index (χ1v) is 8.02. The van der Waals surface area contributed by atoms with Crippen molar-refractivity contribution in [3.8, 4) is 11.5 Å². The monoisotopic (exact) mass is 330 g/mol. The second-order valence-corrected chi connectivity index (χ2v) is 6.02. The Morgan fingerprint density at radius 1 is 1.16 bits per heavy atom. The van der Waals surface area contributed by atoms with E-state index in [9.17, 15) is 0 Å². The Bertz CT molecular complexity index is 1060. The van der Waals surface area contributed by atoms with Crippen molar-refractivity contribution in [2.24, 2.45) is 5.73 Å². The first-order chi connectivity index (χ1) is 12.1. The van der Waals surface area contributed by atoms with E-state index in [2.05, 4.69) is 31.7 Å². The van der Waals surface area contributed by atoms with Gasteiger partial charge in [-0.1, -0.05) is 30.3 Å². The van der Waals surface area contributed by atoms with E-state index in [0.29, 0.717) is 11.4 Å². The van der Waals surface area contributed by atoms with Crippen molar-refractivity contribution in [3.63, 3.8) is 0 Å². The van der Waals surface area contributed by atoms with E-state index >= 15 is 0 Å². The van der Waals surface area contributed by atoms with Gasteiger partial charge in [-0.3, -0.25) is 5.41 Å². The minimum absolute atomic E-state index is 0.0426. The van der Waals surface area contributed by atoms with E-state index in [1.54, 1.807) is 6.07 Å². The molecule has 0 saturated heterocycles. The summed E-state index contributed by atoms with van der Waals surface area (Å²) in [7, 11) is 0. The van der Waals surface area contributed by atoms with Crippen LogP contribution in [0.1, 0.15) is 17.0 Å². The van der Waals surface area contributed by atoms with E-state index in [-0.39, 0.29) is 5.84 Å². The van der Waals surface area contributed by atoms with Gasteiger partial charge in [0.2, 0.25) is 0 Å². The molecule has 25 heavy (non-hydrogen) atoms. The summed E-state index contributed by atoms with van der Waals surface area (Å²) in [5, 5.41) is 7.55. The van der Waals surface area contributed by atoms with E-state index < -0.39 is 0 Å². The standard InChI is InChI=1S/C19H18N6/c1-12-22-17(11-25(12)10-13-5-3-2-4-6-13)19-23-15-8-7-14(18(20)21)9-16(15)24-19/h2-9,11H,10H2,1H3,(H3,20,21)(H,23,24). The maximum Gasteiger partial charge on any atom is 0.158 e. The number of nitrogens with zero attached hydrogens (tertiary/aromatic N) is 3. The molecular weight excluding hydrogens is 312 g/mol. The Morgan fingerprint density at radius 3 is 2.72 bits per heavy atom. The quantitative estimate of drug-likeness (QED) is 0.396. The first-order valence-electron chi connectivity index (χ1n) is 8.02. The number of benzene rings is 2. The van der Waals surface area contributed by atoms with Gasteiger partial charge in [0.1, 0.15) is 17.4 Å². The molecule has 4 aromatic rings. The van der Waals surface area contributed by atoms with Crippen LogP contribution in [0.25, 0.3) is 22.6 Å². The van der Waals surface area contributed by atoms with Crippen LogP contribution in [-0.2, 0) is 6.54 Å². The summed E-state index contributed by atoms with van der Waals surface area (Å²) < 4.78 is 2.11. The number of amidine groups is 1. The van der Waals surface area contributed by atoms with Crippen molar-refractivity contribution in [3.05, 3.63) is 71.7 Å². The molecular formula is C19H18N6. The minimum Gasteiger partial charge on any atom is -0.384 e. The van der Waals surface area contributed by atoms with Gasteiger partial charge in [0.15, 0.2) is 5.82 Å². The summed E-state index contributed by atoms with van der Waals surface area (Å²) in [5.41, 5.74) is 9.93. The highest BCUT2D eigenvalue weighted by Crippen LogP contribution is 2.21. The summed E-state index contributed by atoms with van der Waals surface area (Å²) in [6.07, 6.45) is 2.01. The van der Waals surface area contributed by atoms with Crippen LogP contribution in [0.4, 0.5) is 0 Å². The molecule has 0 bridgehead atoms. The number of hydrogen-bond donors (Lipinski definition) is 3. The van der Waals surface area contributed by atoms with Crippen molar-refractivity contribution in [1.82, 2.24) is 19.5 Å². The molecule has 2 heterocycles. The van der Waals surface area contributed by atoms with Crippen molar-refractivity contribution < 1.29 is 0 Å². The smallest absolute Gasteiger partial charge is 0.158 e. The lowest BCUT2D eigenvalue weighted by Crippen LogP contribution is -2.10. The van der Waals surface area contributed by atoms with E-state index in [1.165, 1.54) is 5.56 Å². The SMILES string of the molecule is Cc1nc(-c2nc3ccc(C(=N)N)cc3[nH]2)cn1Cc1ccccc1. The van der Waals surface area contributed by atoms with Gasteiger partial charge in [0, 0.05) is 18.3 Å². The number of hydrogen-bond acceptors (Lipinski definition) is 3. The van der Waals surface area contributed by atoms with Gasteiger partial charge in [0.05, 0.1) is 11.0 Å². The highest BCUT2D eigenvalue weighted by atomic mass is 15.1. The van der Waals surface area contributed by atoms with Gasteiger partial charge in [-0.25, -0.2) is 9.97 Å². The number of nitrogens with two attached hydrogens (primary N) is 1. The minimum atomic E-state index is 0.0426. The normalized spacial score (nSPS) is 11.1. The molecule has 4 rings (SSSR count). The number of aromatic nitrogens is 4. The van der Waals surface area contributed by atoms with Gasteiger partial charge >= 0.3 is 0 Å². The summed E-state index contributed by atoms with van der Waals surface area (Å²) in [5.74, 6) is 1.69. The molecule has 2 aromatic heterocycles. The zero-order chi connectivity index (χ0) is 17.4. The van der Waals surface area contributed by atoms with Crippen LogP contribution in [0.15, 0.2) is 54.7 Å². The molecule has 0 amide bonds. The van der Waals surface area contributed by atoms with Crippen LogP contribution in [0.5, 0.6) is 0 Å². The summed E-state index contributed by atoms with van der Waals surface area (Å²) in [6, 6.07) is 15.8. The molecule has 6 nitrogen and oxygen atoms in total. The molecule has 124 valence electrons. The summed E-state index contributed by atoms with van der Waals surface area (Å²) >= 11 is 0. The fourth-order valence-corrected chi connectivity index (χ4v) is 2.86. The zero-order valence-corrected chi connectivity index (χ0v) is 13.8. The molecule has 0 atom stereocenters. The molecule has 6 heteroatoms. The van der Waals surface area contributed by atoms with Crippen molar-refractivity contribution in [2.75, 3.05) is 0 Å². The van der Waals surface area contributed by atoms with Crippen molar-refractivity contribution in [2.45, 2.75) is 13.5 Å². The molecule has 0 aliphatic heterocycles. The van der Waals surface area contributed by atoms with Crippen LogP contribution in [-0.4, -0.2) is 25.4 Å². The maximum absolute atomic E-state index is 7.55. The van der Waals surface area contributed by atoms with Crippen LogP contribution < -0.4 is 5.73 Å². The fourth-order valence-electron chi connectivity index (χ4n) is 2.86. The lowest BCUT2D eigenvalue weighted by atomic mass is 10.2. The highest BCUT2D eigenvalue weighted by molar-refractivity contribution is 5.98. The topological polar surface area (TPSA) is 96.4 Å². The predicted octanol–water partition coefficient (Wildman–Crippen LogP) is 3.07. The Labute approximate surface area is 144 Å². The number of imidazole rings is 2. The second-order valence-electron chi connectivity index (χ2n) is 6.02. The molecule has 2 aromatic carbocycles. The van der Waals surface area contributed by atoms with E-state index in [4.69, 9.17) is 11.1 Å². The molecule has 0 spiro atoms. The number of nitrogens with one attached hydrogen (secondary N) is 2. The van der Waals surface area contributed by atoms with Crippen LogP contribution in [0, 0.1) is 12.3 Å². The third kappa shape index (κ3) is 2.89. The molecule has 0 radical (unpaired) electrons.